The Balaban J connectivity index is 1.67. The van der Waals surface area contributed by atoms with E-state index >= 15 is 0 Å². The molecule has 0 saturated heterocycles. The Morgan fingerprint density at radius 2 is 1.48 bits per heavy atom. The minimum absolute atomic E-state index is 0.0868. The zero-order chi connectivity index (χ0) is 22.1. The molecule has 0 bridgehead atoms. The average molecular weight is 437 g/mol. The second-order valence-electron chi connectivity index (χ2n) is 7.15. The monoisotopic (exact) mass is 436 g/mol. The molecule has 0 saturated carbocycles. The van der Waals surface area contributed by atoms with Gasteiger partial charge in [0.25, 0.3) is 5.56 Å². The van der Waals surface area contributed by atoms with Crippen molar-refractivity contribution < 1.29 is 4.79 Å². The fourth-order valence-electron chi connectivity index (χ4n) is 3.67. The van der Waals surface area contributed by atoms with Gasteiger partial charge in [0.2, 0.25) is 0 Å². The number of halogens is 1. The van der Waals surface area contributed by atoms with Gasteiger partial charge in [0.1, 0.15) is 5.65 Å². The highest BCUT2D eigenvalue weighted by Crippen LogP contribution is 2.16. The number of aryl methyl sites for hydroxylation is 1. The van der Waals surface area contributed by atoms with Crippen molar-refractivity contribution in [1.29, 1.82) is 0 Å². The van der Waals surface area contributed by atoms with Crippen LogP contribution in [0.15, 0.2) is 64.4 Å². The summed E-state index contributed by atoms with van der Waals surface area (Å²) in [5, 5.41) is 0.579. The standard InChI is InChI=1S/C23H21ClN4O3/c1-3-27-21-19(22(30)28(4-2)23(27)31)25-14-26(21)13-15-5-7-16(8-6-15)20(29)17-9-11-18(24)12-10-17/h5-12,14H,3-4,13H2,1-2H3. The molecule has 0 atom stereocenters. The third-order valence-electron chi connectivity index (χ3n) is 5.28. The maximum atomic E-state index is 12.7. The molecule has 0 radical (unpaired) electrons. The molecule has 8 heteroatoms. The molecule has 2 heterocycles. The summed E-state index contributed by atoms with van der Waals surface area (Å²) in [6.07, 6.45) is 1.57. The summed E-state index contributed by atoms with van der Waals surface area (Å²) < 4.78 is 4.55. The normalized spacial score (nSPS) is 11.2. The van der Waals surface area contributed by atoms with E-state index in [1.54, 1.807) is 58.8 Å². The largest absolute Gasteiger partial charge is 0.332 e. The Labute approximate surface area is 183 Å². The fourth-order valence-corrected chi connectivity index (χ4v) is 3.79. The Kier molecular flexibility index (Phi) is 5.61. The van der Waals surface area contributed by atoms with Crippen molar-refractivity contribution in [1.82, 2.24) is 18.7 Å². The van der Waals surface area contributed by atoms with E-state index in [4.69, 9.17) is 11.6 Å². The number of hydrogen-bond acceptors (Lipinski definition) is 4. The SMILES string of the molecule is CCn1c(=O)c2ncn(Cc3ccc(C(=O)c4ccc(Cl)cc4)cc3)c2n(CC)c1=O. The smallest absolute Gasteiger partial charge is 0.312 e. The van der Waals surface area contributed by atoms with Gasteiger partial charge in [-0.05, 0) is 43.7 Å². The molecule has 7 nitrogen and oxygen atoms in total. The molecule has 0 aliphatic carbocycles. The topological polar surface area (TPSA) is 78.9 Å². The molecule has 158 valence electrons. The van der Waals surface area contributed by atoms with Gasteiger partial charge in [-0.1, -0.05) is 35.9 Å². The van der Waals surface area contributed by atoms with Crippen molar-refractivity contribution in [3.05, 3.63) is 97.4 Å². The van der Waals surface area contributed by atoms with E-state index in [1.807, 2.05) is 19.1 Å². The van der Waals surface area contributed by atoms with E-state index in [0.29, 0.717) is 41.4 Å². The van der Waals surface area contributed by atoms with Gasteiger partial charge in [0.15, 0.2) is 11.3 Å². The highest BCUT2D eigenvalue weighted by atomic mass is 35.5. The number of fused-ring (bicyclic) bond motifs is 1. The van der Waals surface area contributed by atoms with Crippen LogP contribution in [-0.2, 0) is 19.6 Å². The van der Waals surface area contributed by atoms with Crippen LogP contribution in [-0.4, -0.2) is 24.5 Å². The molecule has 0 amide bonds. The number of nitrogens with zero attached hydrogens (tertiary/aromatic N) is 4. The second kappa shape index (κ2) is 8.35. The van der Waals surface area contributed by atoms with Gasteiger partial charge in [-0.2, -0.15) is 0 Å². The first kappa shape index (κ1) is 20.8. The first-order valence-electron chi connectivity index (χ1n) is 10.0. The van der Waals surface area contributed by atoms with E-state index < -0.39 is 0 Å². The summed E-state index contributed by atoms with van der Waals surface area (Å²) in [6, 6.07) is 14.0. The van der Waals surface area contributed by atoms with Crippen LogP contribution in [0.5, 0.6) is 0 Å². The van der Waals surface area contributed by atoms with Crippen LogP contribution in [0.25, 0.3) is 11.2 Å². The zero-order valence-corrected chi connectivity index (χ0v) is 18.0. The van der Waals surface area contributed by atoms with Crippen LogP contribution in [0, 0.1) is 0 Å². The molecule has 0 aliphatic heterocycles. The maximum absolute atomic E-state index is 12.7. The van der Waals surface area contributed by atoms with Gasteiger partial charge in [-0.25, -0.2) is 9.78 Å². The zero-order valence-electron chi connectivity index (χ0n) is 17.2. The van der Waals surface area contributed by atoms with Crippen LogP contribution < -0.4 is 11.2 Å². The van der Waals surface area contributed by atoms with Gasteiger partial charge in [0, 0.05) is 29.2 Å². The van der Waals surface area contributed by atoms with E-state index in [1.165, 1.54) is 4.57 Å². The lowest BCUT2D eigenvalue weighted by atomic mass is 10.0. The summed E-state index contributed by atoms with van der Waals surface area (Å²) in [5.41, 5.74) is 2.11. The van der Waals surface area contributed by atoms with E-state index in [9.17, 15) is 14.4 Å². The Morgan fingerprint density at radius 3 is 2.06 bits per heavy atom. The summed E-state index contributed by atoms with van der Waals surface area (Å²) in [6.45, 7) is 4.76. The highest BCUT2D eigenvalue weighted by molar-refractivity contribution is 6.30. The number of hydrogen-bond donors (Lipinski definition) is 0. The molecule has 0 unspecified atom stereocenters. The van der Waals surface area contributed by atoms with E-state index in [2.05, 4.69) is 4.98 Å². The van der Waals surface area contributed by atoms with Gasteiger partial charge in [-0.15, -0.1) is 0 Å². The molecular weight excluding hydrogens is 416 g/mol. The van der Waals surface area contributed by atoms with E-state index in [0.717, 1.165) is 5.56 Å². The number of carbonyl (C=O) groups is 1. The molecule has 0 fully saturated rings. The highest BCUT2D eigenvalue weighted by Gasteiger charge is 2.17. The summed E-state index contributed by atoms with van der Waals surface area (Å²) in [7, 11) is 0. The van der Waals surface area contributed by atoms with Crippen LogP contribution in [0.1, 0.15) is 35.3 Å². The summed E-state index contributed by atoms with van der Waals surface area (Å²) in [4.78, 5) is 42.2. The number of aromatic nitrogens is 4. The third kappa shape index (κ3) is 3.72. The van der Waals surface area contributed by atoms with Gasteiger partial charge in [0.05, 0.1) is 12.9 Å². The lowest BCUT2D eigenvalue weighted by molar-refractivity contribution is 0.103. The molecular formula is C23H21ClN4O3. The first-order valence-corrected chi connectivity index (χ1v) is 10.4. The third-order valence-corrected chi connectivity index (χ3v) is 5.54. The second-order valence-corrected chi connectivity index (χ2v) is 7.59. The van der Waals surface area contributed by atoms with Crippen molar-refractivity contribution in [3.8, 4) is 0 Å². The molecule has 31 heavy (non-hydrogen) atoms. The van der Waals surface area contributed by atoms with Crippen molar-refractivity contribution in [2.75, 3.05) is 0 Å². The van der Waals surface area contributed by atoms with Crippen LogP contribution in [0.3, 0.4) is 0 Å². The number of benzene rings is 2. The molecule has 0 aliphatic rings. The number of rotatable bonds is 6. The molecule has 2 aromatic heterocycles. The van der Waals surface area contributed by atoms with Crippen molar-refractivity contribution in [2.45, 2.75) is 33.5 Å². The summed E-state index contributed by atoms with van der Waals surface area (Å²) >= 11 is 5.89. The van der Waals surface area contributed by atoms with Gasteiger partial charge >= 0.3 is 5.69 Å². The molecule has 4 aromatic rings. The van der Waals surface area contributed by atoms with Crippen molar-refractivity contribution >= 4 is 28.5 Å². The van der Waals surface area contributed by atoms with Crippen LogP contribution in [0.2, 0.25) is 5.02 Å². The van der Waals surface area contributed by atoms with Crippen LogP contribution >= 0.6 is 11.6 Å². The molecule has 2 aromatic carbocycles. The minimum Gasteiger partial charge on any atom is -0.312 e. The Morgan fingerprint density at radius 1 is 0.903 bits per heavy atom. The lowest BCUT2D eigenvalue weighted by Gasteiger charge is -2.12. The predicted octanol–water partition coefficient (Wildman–Crippen LogP) is 3.33. The number of carbonyl (C=O) groups excluding carboxylic acids is 1. The molecule has 4 rings (SSSR count). The Bertz CT molecular complexity index is 1380. The quantitative estimate of drug-likeness (QED) is 0.434. The van der Waals surface area contributed by atoms with Crippen molar-refractivity contribution in [2.24, 2.45) is 0 Å². The summed E-state index contributed by atoms with van der Waals surface area (Å²) in [5.74, 6) is -0.0868. The van der Waals surface area contributed by atoms with Gasteiger partial charge in [-0.3, -0.25) is 18.7 Å². The minimum atomic E-state index is -0.380. The number of imidazole rings is 1. The predicted molar refractivity (Wildman–Crippen MR) is 120 cm³/mol. The van der Waals surface area contributed by atoms with Crippen LogP contribution in [0.4, 0.5) is 0 Å². The Hall–Kier alpha value is -3.45. The fraction of sp³-hybridized carbons (Fsp3) is 0.217. The average Bonchev–Trinajstić information content (AvgIpc) is 3.19. The molecule has 0 spiro atoms. The van der Waals surface area contributed by atoms with Crippen molar-refractivity contribution in [3.63, 3.8) is 0 Å². The number of ketones is 1. The maximum Gasteiger partial charge on any atom is 0.332 e. The van der Waals surface area contributed by atoms with Gasteiger partial charge < -0.3 is 4.57 Å². The first-order chi connectivity index (χ1) is 14.9. The molecule has 0 N–H and O–H groups in total. The van der Waals surface area contributed by atoms with E-state index in [-0.39, 0.29) is 22.5 Å². The lowest BCUT2D eigenvalue weighted by Crippen LogP contribution is -2.39.